The van der Waals surface area contributed by atoms with Gasteiger partial charge in [0.25, 0.3) is 5.91 Å². The van der Waals surface area contributed by atoms with Crippen LogP contribution in [0, 0.1) is 0 Å². The van der Waals surface area contributed by atoms with E-state index in [0.29, 0.717) is 17.4 Å². The Kier molecular flexibility index (Phi) is 6.29. The van der Waals surface area contributed by atoms with Gasteiger partial charge in [-0.15, -0.1) is 0 Å². The van der Waals surface area contributed by atoms with Crippen LogP contribution in [0.25, 0.3) is 11.3 Å². The highest BCUT2D eigenvalue weighted by molar-refractivity contribution is 6.30. The van der Waals surface area contributed by atoms with Crippen molar-refractivity contribution >= 4 is 17.5 Å². The van der Waals surface area contributed by atoms with Crippen LogP contribution in [0.2, 0.25) is 5.02 Å². The number of nitrogens with zero attached hydrogens (tertiary/aromatic N) is 2. The first-order chi connectivity index (χ1) is 15.1. The molecule has 156 valence electrons. The molecule has 1 amide bonds. The monoisotopic (exact) mass is 433 g/mol. The van der Waals surface area contributed by atoms with E-state index < -0.39 is 0 Å². The van der Waals surface area contributed by atoms with E-state index in [9.17, 15) is 4.79 Å². The Morgan fingerprint density at radius 3 is 2.71 bits per heavy atom. The molecule has 4 rings (SSSR count). The predicted octanol–water partition coefficient (Wildman–Crippen LogP) is 5.46. The largest absolute Gasteiger partial charge is 0.489 e. The molecule has 0 spiro atoms. The molecule has 4 aromatic rings. The number of rotatable bonds is 7. The lowest BCUT2D eigenvalue weighted by Crippen LogP contribution is -2.26. The first-order valence-electron chi connectivity index (χ1n) is 9.73. The number of nitrogens with one attached hydrogen (secondary N) is 1. The van der Waals surface area contributed by atoms with Gasteiger partial charge in [0, 0.05) is 34.6 Å². The third kappa shape index (κ3) is 5.29. The molecule has 1 unspecified atom stereocenters. The number of ether oxygens (including phenoxy) is 1. The van der Waals surface area contributed by atoms with E-state index in [1.807, 2.05) is 55.5 Å². The number of pyridine rings is 1. The van der Waals surface area contributed by atoms with E-state index in [4.69, 9.17) is 20.9 Å². The molecule has 0 aliphatic heterocycles. The summed E-state index contributed by atoms with van der Waals surface area (Å²) in [5, 5.41) is 7.39. The van der Waals surface area contributed by atoms with Gasteiger partial charge in [-0.1, -0.05) is 47.1 Å². The van der Waals surface area contributed by atoms with Crippen LogP contribution in [0.15, 0.2) is 83.6 Å². The Hall–Kier alpha value is -3.64. The van der Waals surface area contributed by atoms with Crippen molar-refractivity contribution in [1.82, 2.24) is 15.5 Å². The van der Waals surface area contributed by atoms with Crippen molar-refractivity contribution in [2.75, 3.05) is 0 Å². The SMILES string of the molecule is CC(NC(=O)c1cc(-c2cccc(Cl)c2)on1)c1ccc(OCc2cccnc2)cc1. The molecular weight excluding hydrogens is 414 g/mol. The Morgan fingerprint density at radius 1 is 1.13 bits per heavy atom. The first kappa shape index (κ1) is 20.6. The minimum Gasteiger partial charge on any atom is -0.489 e. The van der Waals surface area contributed by atoms with Crippen LogP contribution in [0.1, 0.15) is 34.6 Å². The topological polar surface area (TPSA) is 77.2 Å². The van der Waals surface area contributed by atoms with Crippen molar-refractivity contribution in [1.29, 1.82) is 0 Å². The summed E-state index contributed by atoms with van der Waals surface area (Å²) >= 11 is 6.01. The van der Waals surface area contributed by atoms with Crippen LogP contribution >= 0.6 is 11.6 Å². The zero-order valence-electron chi connectivity index (χ0n) is 16.8. The molecular formula is C24H20ClN3O3. The third-order valence-electron chi connectivity index (χ3n) is 4.71. The van der Waals surface area contributed by atoms with Crippen LogP contribution in [-0.2, 0) is 6.61 Å². The van der Waals surface area contributed by atoms with Gasteiger partial charge in [-0.05, 0) is 42.8 Å². The van der Waals surface area contributed by atoms with Crippen molar-refractivity contribution < 1.29 is 14.1 Å². The molecule has 7 heteroatoms. The second kappa shape index (κ2) is 9.45. The van der Waals surface area contributed by atoms with Crippen molar-refractivity contribution in [3.05, 3.63) is 101 Å². The van der Waals surface area contributed by atoms with E-state index >= 15 is 0 Å². The lowest BCUT2D eigenvalue weighted by atomic mass is 10.1. The summed E-state index contributed by atoms with van der Waals surface area (Å²) in [7, 11) is 0. The lowest BCUT2D eigenvalue weighted by molar-refractivity contribution is 0.0931. The zero-order chi connectivity index (χ0) is 21.6. The summed E-state index contributed by atoms with van der Waals surface area (Å²) in [6.45, 7) is 2.35. The number of carbonyl (C=O) groups is 1. The maximum Gasteiger partial charge on any atom is 0.273 e. The Morgan fingerprint density at radius 2 is 1.97 bits per heavy atom. The van der Waals surface area contributed by atoms with Crippen LogP contribution in [0.3, 0.4) is 0 Å². The van der Waals surface area contributed by atoms with Crippen LogP contribution in [0.4, 0.5) is 0 Å². The van der Waals surface area contributed by atoms with Gasteiger partial charge in [-0.25, -0.2) is 0 Å². The number of aromatic nitrogens is 2. The molecule has 0 saturated carbocycles. The fourth-order valence-electron chi connectivity index (χ4n) is 3.02. The quantitative estimate of drug-likeness (QED) is 0.418. The Labute approximate surface area is 184 Å². The molecule has 0 fully saturated rings. The zero-order valence-corrected chi connectivity index (χ0v) is 17.5. The second-order valence-electron chi connectivity index (χ2n) is 7.00. The highest BCUT2D eigenvalue weighted by Gasteiger charge is 2.17. The molecule has 2 heterocycles. The van der Waals surface area contributed by atoms with E-state index in [2.05, 4.69) is 15.5 Å². The van der Waals surface area contributed by atoms with Gasteiger partial charge in [0.05, 0.1) is 6.04 Å². The number of halogens is 1. The van der Waals surface area contributed by atoms with Crippen molar-refractivity contribution in [3.63, 3.8) is 0 Å². The second-order valence-corrected chi connectivity index (χ2v) is 7.44. The first-order valence-corrected chi connectivity index (χ1v) is 10.1. The maximum atomic E-state index is 12.6. The smallest absolute Gasteiger partial charge is 0.273 e. The predicted molar refractivity (Wildman–Crippen MR) is 118 cm³/mol. The summed E-state index contributed by atoms with van der Waals surface area (Å²) in [5.74, 6) is 0.908. The van der Waals surface area contributed by atoms with E-state index in [1.54, 1.807) is 30.6 Å². The van der Waals surface area contributed by atoms with Gasteiger partial charge in [-0.2, -0.15) is 0 Å². The fourth-order valence-corrected chi connectivity index (χ4v) is 3.21. The number of hydrogen-bond acceptors (Lipinski definition) is 5. The number of amides is 1. The van der Waals surface area contributed by atoms with Crippen LogP contribution in [-0.4, -0.2) is 16.0 Å². The van der Waals surface area contributed by atoms with E-state index in [-0.39, 0.29) is 17.6 Å². The molecule has 0 radical (unpaired) electrons. The van der Waals surface area contributed by atoms with Gasteiger partial charge in [0.15, 0.2) is 11.5 Å². The average Bonchev–Trinajstić information content (AvgIpc) is 3.29. The standard InChI is InChI=1S/C24H20ClN3O3/c1-16(18-7-9-21(10-8-18)30-15-17-4-3-11-26-14-17)27-24(29)22-13-23(31-28-22)19-5-2-6-20(25)12-19/h2-14,16H,15H2,1H3,(H,27,29). The summed E-state index contributed by atoms with van der Waals surface area (Å²) < 4.78 is 11.1. The maximum absolute atomic E-state index is 12.6. The number of carbonyl (C=O) groups excluding carboxylic acids is 1. The molecule has 1 atom stereocenters. The summed E-state index contributed by atoms with van der Waals surface area (Å²) in [6, 6.07) is 20.0. The third-order valence-corrected chi connectivity index (χ3v) is 4.94. The minimum absolute atomic E-state index is 0.207. The van der Waals surface area contributed by atoms with Gasteiger partial charge in [0.1, 0.15) is 12.4 Å². The summed E-state index contributed by atoms with van der Waals surface area (Å²) in [6.07, 6.45) is 3.50. The van der Waals surface area contributed by atoms with Gasteiger partial charge in [0.2, 0.25) is 0 Å². The molecule has 31 heavy (non-hydrogen) atoms. The van der Waals surface area contributed by atoms with Gasteiger partial charge < -0.3 is 14.6 Å². The van der Waals surface area contributed by atoms with E-state index in [1.165, 1.54) is 0 Å². The molecule has 1 N–H and O–H groups in total. The van der Waals surface area contributed by atoms with Gasteiger partial charge >= 0.3 is 0 Å². The average molecular weight is 434 g/mol. The molecule has 2 aromatic carbocycles. The molecule has 6 nitrogen and oxygen atoms in total. The Bertz CT molecular complexity index is 1160. The number of benzene rings is 2. The minimum atomic E-state index is -0.318. The summed E-state index contributed by atoms with van der Waals surface area (Å²) in [4.78, 5) is 16.6. The Balaban J connectivity index is 1.35. The normalized spacial score (nSPS) is 11.7. The van der Waals surface area contributed by atoms with Crippen molar-refractivity contribution in [2.24, 2.45) is 0 Å². The molecule has 0 bridgehead atoms. The van der Waals surface area contributed by atoms with Crippen molar-refractivity contribution in [2.45, 2.75) is 19.6 Å². The van der Waals surface area contributed by atoms with Gasteiger partial charge in [-0.3, -0.25) is 9.78 Å². The fraction of sp³-hybridized carbons (Fsp3) is 0.125. The highest BCUT2D eigenvalue weighted by atomic mass is 35.5. The number of hydrogen-bond donors (Lipinski definition) is 1. The summed E-state index contributed by atoms with van der Waals surface area (Å²) in [5.41, 5.74) is 2.91. The van der Waals surface area contributed by atoms with E-state index in [0.717, 1.165) is 22.4 Å². The molecule has 2 aromatic heterocycles. The highest BCUT2D eigenvalue weighted by Crippen LogP contribution is 2.24. The van der Waals surface area contributed by atoms with Crippen LogP contribution in [0.5, 0.6) is 5.75 Å². The lowest BCUT2D eigenvalue weighted by Gasteiger charge is -2.14. The molecule has 0 saturated heterocycles. The molecule has 0 aliphatic carbocycles. The van der Waals surface area contributed by atoms with Crippen molar-refractivity contribution in [3.8, 4) is 17.1 Å². The molecule has 0 aliphatic rings. The van der Waals surface area contributed by atoms with Crippen LogP contribution < -0.4 is 10.1 Å².